The molecule has 1 aliphatic rings. The maximum absolute atomic E-state index is 11.9. The molecular weight excluding hydrogens is 362 g/mol. The SMILES string of the molecule is CN(C)c1ccc(C/C(C(=O)O)=C(/C(=O)O)c2ccc3c(c2)OCCO3)cc1. The summed E-state index contributed by atoms with van der Waals surface area (Å²) in [6.45, 7) is 0.768. The Morgan fingerprint density at radius 1 is 0.929 bits per heavy atom. The molecule has 1 heterocycles. The number of fused-ring (bicyclic) bond motifs is 1. The van der Waals surface area contributed by atoms with Gasteiger partial charge in [-0.25, -0.2) is 9.59 Å². The average molecular weight is 383 g/mol. The Hall–Kier alpha value is -3.48. The summed E-state index contributed by atoms with van der Waals surface area (Å²) in [5.74, 6) is -1.67. The molecule has 0 aromatic heterocycles. The molecule has 0 saturated carbocycles. The van der Waals surface area contributed by atoms with Crippen LogP contribution in [0.25, 0.3) is 5.57 Å². The van der Waals surface area contributed by atoms with E-state index in [0.717, 1.165) is 5.69 Å². The van der Waals surface area contributed by atoms with Gasteiger partial charge in [0.05, 0.1) is 11.1 Å². The van der Waals surface area contributed by atoms with Crippen LogP contribution in [-0.2, 0) is 16.0 Å². The van der Waals surface area contributed by atoms with Crippen molar-refractivity contribution in [1.29, 1.82) is 0 Å². The Labute approximate surface area is 162 Å². The zero-order valence-corrected chi connectivity index (χ0v) is 15.6. The van der Waals surface area contributed by atoms with Crippen LogP contribution in [0.5, 0.6) is 11.5 Å². The minimum absolute atomic E-state index is 0.0148. The van der Waals surface area contributed by atoms with Crippen molar-refractivity contribution in [2.75, 3.05) is 32.2 Å². The van der Waals surface area contributed by atoms with Gasteiger partial charge in [-0.15, -0.1) is 0 Å². The first-order valence-electron chi connectivity index (χ1n) is 8.73. The highest BCUT2D eigenvalue weighted by molar-refractivity contribution is 6.22. The van der Waals surface area contributed by atoms with Crippen LogP contribution in [0.2, 0.25) is 0 Å². The van der Waals surface area contributed by atoms with E-state index in [4.69, 9.17) is 9.47 Å². The molecule has 1 aliphatic heterocycles. The quantitative estimate of drug-likeness (QED) is 0.741. The van der Waals surface area contributed by atoms with Gasteiger partial charge < -0.3 is 24.6 Å². The van der Waals surface area contributed by atoms with E-state index < -0.39 is 11.9 Å². The second-order valence-corrected chi connectivity index (χ2v) is 6.56. The first kappa shape index (κ1) is 19.3. The Balaban J connectivity index is 2.03. The van der Waals surface area contributed by atoms with Crippen LogP contribution >= 0.6 is 0 Å². The Bertz CT molecular complexity index is 930. The van der Waals surface area contributed by atoms with Crippen molar-refractivity contribution in [3.63, 3.8) is 0 Å². The van der Waals surface area contributed by atoms with Crippen molar-refractivity contribution in [3.05, 3.63) is 59.2 Å². The van der Waals surface area contributed by atoms with Gasteiger partial charge in [0.2, 0.25) is 0 Å². The summed E-state index contributed by atoms with van der Waals surface area (Å²) >= 11 is 0. The van der Waals surface area contributed by atoms with Crippen molar-refractivity contribution in [3.8, 4) is 11.5 Å². The summed E-state index contributed by atoms with van der Waals surface area (Å²) in [4.78, 5) is 25.8. The van der Waals surface area contributed by atoms with Crippen LogP contribution < -0.4 is 14.4 Å². The van der Waals surface area contributed by atoms with Gasteiger partial charge >= 0.3 is 11.9 Å². The molecule has 2 aromatic carbocycles. The fraction of sp³-hybridized carbons (Fsp3) is 0.238. The van der Waals surface area contributed by atoms with Gasteiger partial charge in [0.15, 0.2) is 11.5 Å². The zero-order chi connectivity index (χ0) is 20.3. The van der Waals surface area contributed by atoms with Gasteiger partial charge in [-0.1, -0.05) is 18.2 Å². The summed E-state index contributed by atoms with van der Waals surface area (Å²) in [5.41, 5.74) is 1.48. The van der Waals surface area contributed by atoms with Gasteiger partial charge in [-0.05, 0) is 35.4 Å². The third-order valence-corrected chi connectivity index (χ3v) is 4.44. The van der Waals surface area contributed by atoms with E-state index in [1.54, 1.807) is 18.2 Å². The fourth-order valence-corrected chi connectivity index (χ4v) is 3.01. The smallest absolute Gasteiger partial charge is 0.336 e. The monoisotopic (exact) mass is 383 g/mol. The molecule has 7 nitrogen and oxygen atoms in total. The molecule has 0 aliphatic carbocycles. The molecule has 0 atom stereocenters. The molecule has 28 heavy (non-hydrogen) atoms. The fourth-order valence-electron chi connectivity index (χ4n) is 3.01. The lowest BCUT2D eigenvalue weighted by atomic mass is 9.94. The van der Waals surface area contributed by atoms with Crippen molar-refractivity contribution < 1.29 is 29.3 Å². The predicted octanol–water partition coefficient (Wildman–Crippen LogP) is 2.69. The molecule has 2 aromatic rings. The van der Waals surface area contributed by atoms with Crippen LogP contribution in [0, 0.1) is 0 Å². The largest absolute Gasteiger partial charge is 0.486 e. The summed E-state index contributed by atoms with van der Waals surface area (Å²) in [5, 5.41) is 19.5. The van der Waals surface area contributed by atoms with Gasteiger partial charge in [-0.3, -0.25) is 0 Å². The third kappa shape index (κ3) is 4.09. The second-order valence-electron chi connectivity index (χ2n) is 6.56. The molecule has 0 unspecified atom stereocenters. The lowest BCUT2D eigenvalue weighted by molar-refractivity contribution is -0.134. The van der Waals surface area contributed by atoms with Crippen LogP contribution in [0.15, 0.2) is 48.0 Å². The van der Waals surface area contributed by atoms with Crippen LogP contribution in [-0.4, -0.2) is 49.5 Å². The molecular formula is C21H21NO6. The van der Waals surface area contributed by atoms with Gasteiger partial charge in [0, 0.05) is 26.2 Å². The lowest BCUT2D eigenvalue weighted by Crippen LogP contribution is -2.16. The molecule has 0 saturated heterocycles. The molecule has 0 amide bonds. The summed E-state index contributed by atoms with van der Waals surface area (Å²) < 4.78 is 10.9. The highest BCUT2D eigenvalue weighted by Crippen LogP contribution is 2.34. The number of carboxylic acids is 2. The standard InChI is InChI=1S/C21H21NO6/c1-22(2)15-6-3-13(4-7-15)11-16(20(23)24)19(21(25)26)14-5-8-17-18(12-14)28-10-9-27-17/h3-8,12H,9-11H2,1-2H3,(H,23,24)(H,25,26)/b19-16-. The normalized spacial score (nSPS) is 13.5. The number of aliphatic carboxylic acids is 2. The number of hydrogen-bond acceptors (Lipinski definition) is 5. The molecule has 0 radical (unpaired) electrons. The average Bonchev–Trinajstić information content (AvgIpc) is 2.67. The third-order valence-electron chi connectivity index (χ3n) is 4.44. The molecule has 0 fully saturated rings. The van der Waals surface area contributed by atoms with Gasteiger partial charge in [0.25, 0.3) is 0 Å². The second kappa shape index (κ2) is 8.04. The number of ether oxygens (including phenoxy) is 2. The summed E-state index contributed by atoms with van der Waals surface area (Å²) in [7, 11) is 3.81. The maximum Gasteiger partial charge on any atom is 0.336 e. The van der Waals surface area contributed by atoms with E-state index in [1.807, 2.05) is 31.1 Å². The number of anilines is 1. The van der Waals surface area contributed by atoms with Crippen LogP contribution in [0.3, 0.4) is 0 Å². The summed E-state index contributed by atoms with van der Waals surface area (Å²) in [6.07, 6.45) is -0.0148. The Kier molecular flexibility index (Phi) is 5.54. The maximum atomic E-state index is 11.9. The van der Waals surface area contributed by atoms with E-state index in [0.29, 0.717) is 30.3 Å². The van der Waals surface area contributed by atoms with E-state index >= 15 is 0 Å². The first-order valence-corrected chi connectivity index (χ1v) is 8.73. The van der Waals surface area contributed by atoms with E-state index in [9.17, 15) is 19.8 Å². The zero-order valence-electron chi connectivity index (χ0n) is 15.6. The highest BCUT2D eigenvalue weighted by Gasteiger charge is 2.24. The minimum atomic E-state index is -1.31. The van der Waals surface area contributed by atoms with Crippen LogP contribution in [0.1, 0.15) is 11.1 Å². The molecule has 7 heteroatoms. The molecule has 0 spiro atoms. The molecule has 3 rings (SSSR count). The van der Waals surface area contributed by atoms with Crippen molar-refractivity contribution in [2.45, 2.75) is 6.42 Å². The van der Waals surface area contributed by atoms with Gasteiger partial charge in [-0.2, -0.15) is 0 Å². The van der Waals surface area contributed by atoms with E-state index in [-0.39, 0.29) is 23.1 Å². The predicted molar refractivity (Wildman–Crippen MR) is 104 cm³/mol. The molecule has 2 N–H and O–H groups in total. The van der Waals surface area contributed by atoms with Crippen molar-refractivity contribution in [2.24, 2.45) is 0 Å². The summed E-state index contributed by atoms with van der Waals surface area (Å²) in [6, 6.07) is 11.9. The van der Waals surface area contributed by atoms with Crippen molar-refractivity contribution in [1.82, 2.24) is 0 Å². The number of benzene rings is 2. The molecule has 146 valence electrons. The van der Waals surface area contributed by atoms with E-state index in [1.165, 1.54) is 12.1 Å². The topological polar surface area (TPSA) is 96.3 Å². The highest BCUT2D eigenvalue weighted by atomic mass is 16.6. The van der Waals surface area contributed by atoms with Gasteiger partial charge in [0.1, 0.15) is 13.2 Å². The lowest BCUT2D eigenvalue weighted by Gasteiger charge is -2.19. The van der Waals surface area contributed by atoms with Crippen molar-refractivity contribution >= 4 is 23.2 Å². The van der Waals surface area contributed by atoms with Crippen LogP contribution in [0.4, 0.5) is 5.69 Å². The number of nitrogens with zero attached hydrogens (tertiary/aromatic N) is 1. The number of carbonyl (C=O) groups is 2. The van der Waals surface area contributed by atoms with E-state index in [2.05, 4.69) is 0 Å². The number of carboxylic acid groups (broad SMARTS) is 2. The first-order chi connectivity index (χ1) is 13.4. The number of hydrogen-bond donors (Lipinski definition) is 2. The minimum Gasteiger partial charge on any atom is -0.486 e. The Morgan fingerprint density at radius 3 is 2.14 bits per heavy atom. The molecule has 0 bridgehead atoms. The Morgan fingerprint density at radius 2 is 1.57 bits per heavy atom. The number of rotatable bonds is 6.